The summed E-state index contributed by atoms with van der Waals surface area (Å²) >= 11 is 0. The molecule has 22 heavy (non-hydrogen) atoms. The number of benzene rings is 1. The lowest BCUT2D eigenvalue weighted by molar-refractivity contribution is -0.671. The number of hydrogen-bond acceptors (Lipinski definition) is 1. The van der Waals surface area contributed by atoms with Crippen molar-refractivity contribution in [2.45, 2.75) is 6.92 Å². The smallest absolute Gasteiger partial charge is 0.335 e. The molecule has 0 aliphatic carbocycles. The molecule has 0 unspecified atom stereocenters. The molecule has 1 aromatic carbocycles. The van der Waals surface area contributed by atoms with Crippen LogP contribution in [0.5, 0.6) is 0 Å². The number of aromatic nitrogens is 2. The maximum Gasteiger partial charge on any atom is 0.335 e. The second kappa shape index (κ2) is 5.48. The molecule has 110 valence electrons. The largest absolute Gasteiger partial charge is 0.478 e. The van der Waals surface area contributed by atoms with Gasteiger partial charge < -0.3 is 10.1 Å². The standard InChI is InChI=1S/C18H16N2O2/c1-12-8-15(11-20(2)10-12)17-7-6-16(19-17)13-4-3-5-14(9-13)18(21)22/h3-11,19H,1-2H3/p+1. The predicted octanol–water partition coefficient (Wildman–Crippen LogP) is 3.18. The van der Waals surface area contributed by atoms with E-state index < -0.39 is 5.97 Å². The molecule has 0 spiro atoms. The van der Waals surface area contributed by atoms with Crippen LogP contribution in [0.2, 0.25) is 0 Å². The quantitative estimate of drug-likeness (QED) is 0.729. The van der Waals surface area contributed by atoms with Crippen molar-refractivity contribution >= 4 is 5.97 Å². The van der Waals surface area contributed by atoms with E-state index in [2.05, 4.69) is 30.4 Å². The topological polar surface area (TPSA) is 57.0 Å². The number of hydrogen-bond donors (Lipinski definition) is 2. The first-order chi connectivity index (χ1) is 10.5. The van der Waals surface area contributed by atoms with Gasteiger partial charge in [-0.25, -0.2) is 9.36 Å². The van der Waals surface area contributed by atoms with Gasteiger partial charge in [0.05, 0.1) is 16.8 Å². The van der Waals surface area contributed by atoms with Gasteiger partial charge in [-0.3, -0.25) is 0 Å². The van der Waals surface area contributed by atoms with Crippen molar-refractivity contribution in [1.29, 1.82) is 0 Å². The van der Waals surface area contributed by atoms with Crippen LogP contribution < -0.4 is 4.57 Å². The number of aromatic amines is 1. The van der Waals surface area contributed by atoms with Crippen LogP contribution in [0.4, 0.5) is 0 Å². The van der Waals surface area contributed by atoms with Crippen LogP contribution in [0.25, 0.3) is 22.5 Å². The molecular weight excluding hydrogens is 276 g/mol. The average Bonchev–Trinajstić information content (AvgIpc) is 2.96. The van der Waals surface area contributed by atoms with E-state index in [4.69, 9.17) is 5.11 Å². The highest BCUT2D eigenvalue weighted by atomic mass is 16.4. The summed E-state index contributed by atoms with van der Waals surface area (Å²) in [5.41, 5.74) is 5.35. The van der Waals surface area contributed by atoms with Gasteiger partial charge in [0.25, 0.3) is 0 Å². The van der Waals surface area contributed by atoms with Crippen LogP contribution in [-0.4, -0.2) is 16.1 Å². The summed E-state index contributed by atoms with van der Waals surface area (Å²) < 4.78 is 2.02. The van der Waals surface area contributed by atoms with Gasteiger partial charge in [0.15, 0.2) is 12.4 Å². The van der Waals surface area contributed by atoms with Crippen molar-refractivity contribution in [3.63, 3.8) is 0 Å². The van der Waals surface area contributed by atoms with E-state index in [1.807, 2.05) is 29.8 Å². The number of H-pyrrole nitrogens is 1. The summed E-state index contributed by atoms with van der Waals surface area (Å²) in [6, 6.07) is 13.0. The van der Waals surface area contributed by atoms with E-state index in [-0.39, 0.29) is 5.56 Å². The molecule has 0 fully saturated rings. The predicted molar refractivity (Wildman–Crippen MR) is 84.5 cm³/mol. The first-order valence-corrected chi connectivity index (χ1v) is 7.03. The molecule has 2 N–H and O–H groups in total. The van der Waals surface area contributed by atoms with E-state index in [1.54, 1.807) is 18.2 Å². The van der Waals surface area contributed by atoms with Crippen molar-refractivity contribution < 1.29 is 14.5 Å². The minimum atomic E-state index is -0.917. The normalized spacial score (nSPS) is 10.6. The third kappa shape index (κ3) is 2.76. The molecule has 0 aliphatic heterocycles. The number of aryl methyl sites for hydroxylation is 2. The second-order valence-corrected chi connectivity index (χ2v) is 5.44. The summed E-state index contributed by atoms with van der Waals surface area (Å²) in [4.78, 5) is 14.4. The highest BCUT2D eigenvalue weighted by molar-refractivity contribution is 5.89. The molecule has 2 heterocycles. The summed E-state index contributed by atoms with van der Waals surface area (Å²) in [5.74, 6) is -0.917. The minimum absolute atomic E-state index is 0.288. The molecule has 0 bridgehead atoms. The van der Waals surface area contributed by atoms with Gasteiger partial charge in [0, 0.05) is 11.3 Å². The maximum atomic E-state index is 11.1. The van der Waals surface area contributed by atoms with Gasteiger partial charge in [-0.1, -0.05) is 12.1 Å². The van der Waals surface area contributed by atoms with Crippen LogP contribution in [0.15, 0.2) is 54.9 Å². The third-order valence-corrected chi connectivity index (χ3v) is 3.55. The molecule has 3 aromatic rings. The number of rotatable bonds is 3. The van der Waals surface area contributed by atoms with Crippen LogP contribution >= 0.6 is 0 Å². The lowest BCUT2D eigenvalue weighted by atomic mass is 10.1. The molecule has 4 heteroatoms. The summed E-state index contributed by atoms with van der Waals surface area (Å²) in [6.07, 6.45) is 4.11. The average molecular weight is 293 g/mol. The molecular formula is C18H17N2O2+. The Balaban J connectivity index is 2.00. The molecule has 0 saturated carbocycles. The van der Waals surface area contributed by atoms with Gasteiger partial charge in [-0.2, -0.15) is 0 Å². The fraction of sp³-hybridized carbons (Fsp3) is 0.111. The Hall–Kier alpha value is -2.88. The molecule has 4 nitrogen and oxygen atoms in total. The van der Waals surface area contributed by atoms with Crippen LogP contribution in [0.1, 0.15) is 15.9 Å². The van der Waals surface area contributed by atoms with Crippen molar-refractivity contribution in [2.24, 2.45) is 7.05 Å². The molecule has 2 aromatic heterocycles. The Kier molecular flexibility index (Phi) is 3.51. The number of pyridine rings is 1. The van der Waals surface area contributed by atoms with Gasteiger partial charge in [-0.05, 0) is 42.8 Å². The molecule has 0 atom stereocenters. The highest BCUT2D eigenvalue weighted by Crippen LogP contribution is 2.25. The zero-order valence-corrected chi connectivity index (χ0v) is 12.5. The number of carboxylic acid groups (broad SMARTS) is 1. The Morgan fingerprint density at radius 2 is 1.77 bits per heavy atom. The number of carboxylic acids is 1. The van der Waals surface area contributed by atoms with Gasteiger partial charge >= 0.3 is 5.97 Å². The maximum absolute atomic E-state index is 11.1. The van der Waals surface area contributed by atoms with Crippen LogP contribution in [0, 0.1) is 6.92 Å². The van der Waals surface area contributed by atoms with E-state index >= 15 is 0 Å². The highest BCUT2D eigenvalue weighted by Gasteiger charge is 2.09. The molecule has 0 aliphatic rings. The summed E-state index contributed by atoms with van der Waals surface area (Å²) in [5, 5.41) is 9.09. The zero-order chi connectivity index (χ0) is 15.7. The molecule has 0 saturated heterocycles. The lowest BCUT2D eigenvalue weighted by Crippen LogP contribution is -2.27. The SMILES string of the molecule is Cc1cc(-c2ccc(-c3cccc(C(=O)O)c3)[nH]2)c[n+](C)c1. The third-order valence-electron chi connectivity index (χ3n) is 3.55. The Labute approximate surface area is 128 Å². The first-order valence-electron chi connectivity index (χ1n) is 7.03. The number of carbonyl (C=O) groups is 1. The van der Waals surface area contributed by atoms with E-state index in [0.717, 1.165) is 22.5 Å². The summed E-state index contributed by atoms with van der Waals surface area (Å²) in [7, 11) is 2.00. The van der Waals surface area contributed by atoms with E-state index in [1.165, 1.54) is 5.56 Å². The Bertz CT molecular complexity index is 830. The number of nitrogens with zero attached hydrogens (tertiary/aromatic N) is 1. The van der Waals surface area contributed by atoms with Crippen molar-refractivity contribution in [3.8, 4) is 22.5 Å². The van der Waals surface area contributed by atoms with Crippen molar-refractivity contribution in [1.82, 2.24) is 4.98 Å². The molecule has 0 radical (unpaired) electrons. The second-order valence-electron chi connectivity index (χ2n) is 5.44. The molecule has 3 rings (SSSR count). The van der Waals surface area contributed by atoms with E-state index in [0.29, 0.717) is 0 Å². The lowest BCUT2D eigenvalue weighted by Gasteiger charge is -2.01. The number of nitrogens with one attached hydrogen (secondary N) is 1. The van der Waals surface area contributed by atoms with Gasteiger partial charge in [-0.15, -0.1) is 0 Å². The van der Waals surface area contributed by atoms with Crippen molar-refractivity contribution in [3.05, 3.63) is 66.0 Å². The van der Waals surface area contributed by atoms with Crippen LogP contribution in [-0.2, 0) is 7.05 Å². The van der Waals surface area contributed by atoms with Gasteiger partial charge in [0.1, 0.15) is 7.05 Å². The van der Waals surface area contributed by atoms with E-state index in [9.17, 15) is 4.79 Å². The number of aromatic carboxylic acids is 1. The zero-order valence-electron chi connectivity index (χ0n) is 12.5. The monoisotopic (exact) mass is 293 g/mol. The van der Waals surface area contributed by atoms with Crippen LogP contribution in [0.3, 0.4) is 0 Å². The minimum Gasteiger partial charge on any atom is -0.478 e. The van der Waals surface area contributed by atoms with Crippen molar-refractivity contribution in [2.75, 3.05) is 0 Å². The first kappa shape index (κ1) is 14.1. The Morgan fingerprint density at radius 1 is 1.05 bits per heavy atom. The Morgan fingerprint density at radius 3 is 2.45 bits per heavy atom. The fourth-order valence-electron chi connectivity index (χ4n) is 2.60. The molecule has 0 amide bonds. The van der Waals surface area contributed by atoms with Gasteiger partial charge in [0.2, 0.25) is 0 Å². The summed E-state index contributed by atoms with van der Waals surface area (Å²) in [6.45, 7) is 2.06. The fourth-order valence-corrected chi connectivity index (χ4v) is 2.60.